The maximum atomic E-state index is 6.22. The second-order valence-electron chi connectivity index (χ2n) is 6.99. The minimum atomic E-state index is -1.65. The average molecular weight is 321 g/mol. The molecule has 3 unspecified atom stereocenters. The minimum absolute atomic E-state index is 0.0571. The van der Waals surface area contributed by atoms with Gasteiger partial charge in [-0.25, -0.2) is 0 Å². The quantitative estimate of drug-likeness (QED) is 0.765. The molecule has 0 N–H and O–H groups in total. The van der Waals surface area contributed by atoms with Crippen LogP contribution in [0.15, 0.2) is 35.5 Å². The molecule has 1 aliphatic heterocycles. The molecule has 0 bridgehead atoms. The Hall–Kier alpha value is -1.17. The summed E-state index contributed by atoms with van der Waals surface area (Å²) >= 11 is 0. The number of oxime groups is 1. The first-order valence-corrected chi connectivity index (χ1v) is 11.2. The Morgan fingerprint density at radius 1 is 1.27 bits per heavy atom. The molecule has 1 aromatic rings. The molecule has 0 aliphatic carbocycles. The third-order valence-electron chi connectivity index (χ3n) is 3.86. The van der Waals surface area contributed by atoms with Crippen LogP contribution in [0.5, 0.6) is 0 Å². The molecule has 22 heavy (non-hydrogen) atoms. The minimum Gasteiger partial charge on any atom is -0.410 e. The third-order valence-corrected chi connectivity index (χ3v) is 4.92. The van der Waals surface area contributed by atoms with Crippen LogP contribution in [0.3, 0.4) is 0 Å². The van der Waals surface area contributed by atoms with E-state index in [4.69, 9.17) is 14.0 Å². The third kappa shape index (κ3) is 4.18. The van der Waals surface area contributed by atoms with E-state index in [1.807, 2.05) is 13.0 Å². The summed E-state index contributed by atoms with van der Waals surface area (Å²) in [6.07, 6.45) is 0.671. The molecular formula is C17H27NO3Si. The summed E-state index contributed by atoms with van der Waals surface area (Å²) in [5.41, 5.74) is 2.17. The van der Waals surface area contributed by atoms with Crippen molar-refractivity contribution in [2.24, 2.45) is 5.16 Å². The zero-order valence-electron chi connectivity index (χ0n) is 14.4. The monoisotopic (exact) mass is 321 g/mol. The highest BCUT2D eigenvalue weighted by Crippen LogP contribution is 2.36. The molecule has 1 aromatic carbocycles. The Kier molecular flexibility index (Phi) is 5.09. The number of rotatable bonds is 5. The van der Waals surface area contributed by atoms with Crippen LogP contribution in [0, 0.1) is 0 Å². The van der Waals surface area contributed by atoms with Gasteiger partial charge >= 0.3 is 0 Å². The highest BCUT2D eigenvalue weighted by Gasteiger charge is 2.40. The van der Waals surface area contributed by atoms with Crippen molar-refractivity contribution < 1.29 is 14.0 Å². The van der Waals surface area contributed by atoms with E-state index < -0.39 is 14.1 Å². The van der Waals surface area contributed by atoms with E-state index in [2.05, 4.69) is 56.0 Å². The Bertz CT molecular complexity index is 526. The largest absolute Gasteiger partial charge is 0.410 e. The first-order chi connectivity index (χ1) is 10.2. The molecule has 0 spiro atoms. The van der Waals surface area contributed by atoms with Gasteiger partial charge in [0.25, 0.3) is 0 Å². The topological polar surface area (TPSA) is 40.0 Å². The lowest BCUT2D eigenvalue weighted by atomic mass is 9.85. The average Bonchev–Trinajstić information content (AvgIpc) is 2.46. The van der Waals surface area contributed by atoms with Gasteiger partial charge in [-0.05, 0) is 32.1 Å². The maximum absolute atomic E-state index is 6.22. The van der Waals surface area contributed by atoms with Crippen LogP contribution in [-0.4, -0.2) is 33.0 Å². The van der Waals surface area contributed by atoms with Crippen molar-refractivity contribution in [1.82, 2.24) is 0 Å². The molecule has 0 saturated carbocycles. The molecule has 0 fully saturated rings. The number of benzene rings is 1. The Labute approximate surface area is 134 Å². The van der Waals surface area contributed by atoms with Gasteiger partial charge in [0.1, 0.15) is 0 Å². The summed E-state index contributed by atoms with van der Waals surface area (Å²) in [6.45, 7) is 10.5. The fourth-order valence-electron chi connectivity index (χ4n) is 2.77. The highest BCUT2D eigenvalue weighted by atomic mass is 28.4. The molecule has 2 rings (SSSR count). The first kappa shape index (κ1) is 17.2. The first-order valence-electron chi connectivity index (χ1n) is 7.78. The summed E-state index contributed by atoms with van der Waals surface area (Å²) in [7, 11) is 0.0109. The number of ether oxygens (including phenoxy) is 1. The summed E-state index contributed by atoms with van der Waals surface area (Å²) in [4.78, 5) is 5.62. The van der Waals surface area contributed by atoms with Gasteiger partial charge in [0.15, 0.2) is 8.32 Å². The lowest BCUT2D eigenvalue weighted by Gasteiger charge is -2.37. The summed E-state index contributed by atoms with van der Waals surface area (Å²) < 4.78 is 11.7. The SMILES string of the molecule is COC1(C)CC(c2ccccc2)C(C(C)O[Si](C)(C)C)=NO1. The van der Waals surface area contributed by atoms with Crippen molar-refractivity contribution in [3.63, 3.8) is 0 Å². The molecule has 5 heteroatoms. The Morgan fingerprint density at radius 3 is 2.45 bits per heavy atom. The van der Waals surface area contributed by atoms with Crippen LogP contribution >= 0.6 is 0 Å². The molecule has 0 radical (unpaired) electrons. The normalized spacial score (nSPS) is 27.0. The Balaban J connectivity index is 2.32. The van der Waals surface area contributed by atoms with Gasteiger partial charge in [0.2, 0.25) is 5.79 Å². The second-order valence-corrected chi connectivity index (χ2v) is 11.4. The van der Waals surface area contributed by atoms with Crippen molar-refractivity contribution in [2.45, 2.75) is 57.7 Å². The van der Waals surface area contributed by atoms with Crippen LogP contribution in [0.1, 0.15) is 31.7 Å². The lowest BCUT2D eigenvalue weighted by Crippen LogP contribution is -2.44. The van der Waals surface area contributed by atoms with Gasteiger partial charge < -0.3 is 14.0 Å². The summed E-state index contributed by atoms with van der Waals surface area (Å²) in [5, 5.41) is 4.38. The predicted molar refractivity (Wildman–Crippen MR) is 91.6 cm³/mol. The van der Waals surface area contributed by atoms with Gasteiger partial charge in [-0.1, -0.05) is 35.5 Å². The molecule has 4 nitrogen and oxygen atoms in total. The molecule has 0 aromatic heterocycles. The van der Waals surface area contributed by atoms with Crippen LogP contribution < -0.4 is 0 Å². The van der Waals surface area contributed by atoms with Gasteiger partial charge in [-0.2, -0.15) is 0 Å². The van der Waals surface area contributed by atoms with E-state index in [1.165, 1.54) is 5.56 Å². The fourth-order valence-corrected chi connectivity index (χ4v) is 3.95. The fraction of sp³-hybridized carbons (Fsp3) is 0.588. The molecule has 1 aliphatic rings. The summed E-state index contributed by atoms with van der Waals surface area (Å²) in [5.74, 6) is -0.547. The maximum Gasteiger partial charge on any atom is 0.234 e. The molecule has 3 atom stereocenters. The summed E-state index contributed by atoms with van der Waals surface area (Å²) in [6, 6.07) is 10.4. The molecular weight excluding hydrogens is 294 g/mol. The van der Waals surface area contributed by atoms with Gasteiger partial charge in [0, 0.05) is 26.4 Å². The van der Waals surface area contributed by atoms with Gasteiger partial charge in [-0.3, -0.25) is 0 Å². The van der Waals surface area contributed by atoms with E-state index in [9.17, 15) is 0 Å². The van der Waals surface area contributed by atoms with E-state index in [0.29, 0.717) is 0 Å². The van der Waals surface area contributed by atoms with E-state index in [1.54, 1.807) is 7.11 Å². The van der Waals surface area contributed by atoms with E-state index >= 15 is 0 Å². The van der Waals surface area contributed by atoms with Crippen molar-refractivity contribution in [2.75, 3.05) is 7.11 Å². The van der Waals surface area contributed by atoms with Crippen molar-refractivity contribution in [3.05, 3.63) is 35.9 Å². The van der Waals surface area contributed by atoms with Gasteiger partial charge in [-0.15, -0.1) is 0 Å². The number of hydrogen-bond acceptors (Lipinski definition) is 4. The number of methoxy groups -OCH3 is 1. The highest BCUT2D eigenvalue weighted by molar-refractivity contribution is 6.69. The number of nitrogens with zero attached hydrogens (tertiary/aromatic N) is 1. The molecule has 0 amide bonds. The second kappa shape index (κ2) is 6.52. The van der Waals surface area contributed by atoms with E-state index in [-0.39, 0.29) is 12.0 Å². The zero-order valence-corrected chi connectivity index (χ0v) is 15.4. The van der Waals surface area contributed by atoms with E-state index in [0.717, 1.165) is 12.1 Å². The van der Waals surface area contributed by atoms with Gasteiger partial charge in [0.05, 0.1) is 11.8 Å². The van der Waals surface area contributed by atoms with Crippen LogP contribution in [0.2, 0.25) is 19.6 Å². The smallest absolute Gasteiger partial charge is 0.234 e. The number of hydrogen-bond donors (Lipinski definition) is 0. The molecule has 1 heterocycles. The lowest BCUT2D eigenvalue weighted by molar-refractivity contribution is -0.222. The Morgan fingerprint density at radius 2 is 1.91 bits per heavy atom. The predicted octanol–water partition coefficient (Wildman–Crippen LogP) is 4.15. The van der Waals surface area contributed by atoms with Crippen molar-refractivity contribution in [3.8, 4) is 0 Å². The molecule has 122 valence electrons. The van der Waals surface area contributed by atoms with Crippen molar-refractivity contribution in [1.29, 1.82) is 0 Å². The standard InChI is InChI=1S/C17H27NO3Si/c1-13(20-22(4,5)6)16-15(14-10-8-7-9-11-14)12-17(2,19-3)21-18-16/h7-11,13,15H,12H2,1-6H3. The molecule has 0 saturated heterocycles. The van der Waals surface area contributed by atoms with Crippen LogP contribution in [0.4, 0.5) is 0 Å². The van der Waals surface area contributed by atoms with Crippen molar-refractivity contribution >= 4 is 14.0 Å². The van der Waals surface area contributed by atoms with Crippen LogP contribution in [-0.2, 0) is 14.0 Å². The zero-order chi connectivity index (χ0) is 16.4. The van der Waals surface area contributed by atoms with Crippen LogP contribution in [0.25, 0.3) is 0 Å².